The summed E-state index contributed by atoms with van der Waals surface area (Å²) >= 11 is 5.82. The lowest BCUT2D eigenvalue weighted by atomic mass is 10.3. The molecular formula is C22H18ClN5O3. The summed E-state index contributed by atoms with van der Waals surface area (Å²) in [7, 11) is 0. The number of rotatable bonds is 7. The van der Waals surface area contributed by atoms with Crippen LogP contribution in [0.15, 0.2) is 73.1 Å². The number of aryl methyl sites for hydroxylation is 1. The summed E-state index contributed by atoms with van der Waals surface area (Å²) in [5.41, 5.74) is 0.620. The number of carbonyl (C=O) groups excluding carboxylic acids is 1. The van der Waals surface area contributed by atoms with E-state index in [0.29, 0.717) is 33.9 Å². The molecule has 156 valence electrons. The molecule has 0 aliphatic carbocycles. The van der Waals surface area contributed by atoms with Crippen molar-refractivity contribution >= 4 is 23.2 Å². The van der Waals surface area contributed by atoms with Gasteiger partial charge in [0.2, 0.25) is 5.88 Å². The smallest absolute Gasteiger partial charge is 0.262 e. The number of imidazole rings is 1. The molecule has 0 bridgehead atoms. The predicted molar refractivity (Wildman–Crippen MR) is 116 cm³/mol. The number of nitrogens with zero attached hydrogens (tertiary/aromatic N) is 4. The summed E-state index contributed by atoms with van der Waals surface area (Å²) in [6, 6.07) is 17.2. The van der Waals surface area contributed by atoms with Gasteiger partial charge < -0.3 is 14.8 Å². The van der Waals surface area contributed by atoms with E-state index in [1.54, 1.807) is 66.9 Å². The van der Waals surface area contributed by atoms with E-state index in [-0.39, 0.29) is 12.5 Å². The first kappa shape index (κ1) is 20.4. The molecule has 8 nitrogen and oxygen atoms in total. The summed E-state index contributed by atoms with van der Waals surface area (Å²) in [4.78, 5) is 16.2. The molecule has 0 aliphatic heterocycles. The van der Waals surface area contributed by atoms with Gasteiger partial charge in [0.05, 0.1) is 0 Å². The van der Waals surface area contributed by atoms with Crippen LogP contribution in [0.5, 0.6) is 17.4 Å². The zero-order valence-corrected chi connectivity index (χ0v) is 17.3. The third kappa shape index (κ3) is 5.37. The fourth-order valence-electron chi connectivity index (χ4n) is 2.72. The van der Waals surface area contributed by atoms with Crippen molar-refractivity contribution in [3.05, 3.63) is 83.9 Å². The third-order valence-corrected chi connectivity index (χ3v) is 4.49. The lowest BCUT2D eigenvalue weighted by molar-refractivity contribution is -0.118. The van der Waals surface area contributed by atoms with E-state index in [1.807, 2.05) is 17.7 Å². The van der Waals surface area contributed by atoms with Crippen LogP contribution in [0.2, 0.25) is 5.02 Å². The molecule has 2 aromatic heterocycles. The fourth-order valence-corrected chi connectivity index (χ4v) is 2.85. The van der Waals surface area contributed by atoms with Crippen molar-refractivity contribution in [2.45, 2.75) is 6.92 Å². The van der Waals surface area contributed by atoms with E-state index in [2.05, 4.69) is 20.5 Å². The van der Waals surface area contributed by atoms with Gasteiger partial charge in [0.1, 0.15) is 17.3 Å². The van der Waals surface area contributed by atoms with Crippen molar-refractivity contribution in [3.8, 4) is 23.2 Å². The number of anilines is 1. The molecule has 1 N–H and O–H groups in total. The Kier molecular flexibility index (Phi) is 6.09. The van der Waals surface area contributed by atoms with E-state index in [1.165, 1.54) is 0 Å². The number of ether oxygens (including phenoxy) is 2. The van der Waals surface area contributed by atoms with Crippen LogP contribution in [0.4, 0.5) is 5.69 Å². The third-order valence-electron chi connectivity index (χ3n) is 4.24. The predicted octanol–water partition coefficient (Wildman–Crippen LogP) is 4.43. The Labute approximate surface area is 183 Å². The first-order valence-electron chi connectivity index (χ1n) is 9.37. The van der Waals surface area contributed by atoms with Crippen molar-refractivity contribution in [1.82, 2.24) is 19.7 Å². The van der Waals surface area contributed by atoms with Crippen molar-refractivity contribution < 1.29 is 14.3 Å². The fraction of sp³-hybridized carbons (Fsp3) is 0.0909. The number of aromatic nitrogens is 4. The summed E-state index contributed by atoms with van der Waals surface area (Å²) in [6.07, 6.45) is 3.51. The second-order valence-electron chi connectivity index (χ2n) is 6.49. The molecule has 2 heterocycles. The Morgan fingerprint density at radius 1 is 1.00 bits per heavy atom. The van der Waals surface area contributed by atoms with Crippen LogP contribution in [0.25, 0.3) is 5.82 Å². The molecule has 0 unspecified atom stereocenters. The monoisotopic (exact) mass is 435 g/mol. The molecule has 0 spiro atoms. The van der Waals surface area contributed by atoms with Gasteiger partial charge in [-0.05, 0) is 61.5 Å². The number of nitrogens with one attached hydrogen (secondary N) is 1. The number of benzene rings is 2. The highest BCUT2D eigenvalue weighted by Gasteiger charge is 2.07. The van der Waals surface area contributed by atoms with Gasteiger partial charge in [0, 0.05) is 29.2 Å². The highest BCUT2D eigenvalue weighted by Crippen LogP contribution is 2.22. The molecule has 9 heteroatoms. The Bertz CT molecular complexity index is 1160. The van der Waals surface area contributed by atoms with Crippen molar-refractivity contribution in [2.75, 3.05) is 11.9 Å². The van der Waals surface area contributed by atoms with E-state index in [0.717, 1.165) is 5.82 Å². The van der Waals surface area contributed by atoms with E-state index in [9.17, 15) is 4.79 Å². The first-order chi connectivity index (χ1) is 15.1. The highest BCUT2D eigenvalue weighted by molar-refractivity contribution is 6.30. The molecular weight excluding hydrogens is 418 g/mol. The summed E-state index contributed by atoms with van der Waals surface area (Å²) < 4.78 is 13.0. The second-order valence-corrected chi connectivity index (χ2v) is 6.93. The standard InChI is InChI=1S/C22H18ClN5O3/c1-15-24-12-13-28(15)20-10-11-22(27-26-20)31-19-8-4-17(5-9-19)25-21(29)14-30-18-6-2-16(23)3-7-18/h2-13H,14H2,1H3,(H,25,29). The van der Waals surface area contributed by atoms with E-state index in [4.69, 9.17) is 21.1 Å². The molecule has 0 radical (unpaired) electrons. The minimum atomic E-state index is -0.278. The van der Waals surface area contributed by atoms with Crippen LogP contribution in [-0.2, 0) is 4.79 Å². The zero-order valence-electron chi connectivity index (χ0n) is 16.5. The average Bonchev–Trinajstić information content (AvgIpc) is 3.21. The van der Waals surface area contributed by atoms with Gasteiger partial charge in [-0.25, -0.2) is 4.98 Å². The van der Waals surface area contributed by atoms with Crippen molar-refractivity contribution in [2.24, 2.45) is 0 Å². The van der Waals surface area contributed by atoms with Crippen LogP contribution in [-0.4, -0.2) is 32.3 Å². The normalized spacial score (nSPS) is 10.5. The number of hydrogen-bond acceptors (Lipinski definition) is 6. The lowest BCUT2D eigenvalue weighted by Gasteiger charge is -2.09. The molecule has 0 saturated heterocycles. The molecule has 0 fully saturated rings. The maximum absolute atomic E-state index is 12.1. The number of hydrogen-bond donors (Lipinski definition) is 1. The van der Waals surface area contributed by atoms with E-state index >= 15 is 0 Å². The first-order valence-corrected chi connectivity index (χ1v) is 9.75. The minimum Gasteiger partial charge on any atom is -0.484 e. The molecule has 0 aliphatic rings. The highest BCUT2D eigenvalue weighted by atomic mass is 35.5. The Balaban J connectivity index is 1.30. The molecule has 4 rings (SSSR count). The SMILES string of the molecule is Cc1nccn1-c1ccc(Oc2ccc(NC(=O)COc3ccc(Cl)cc3)cc2)nn1. The second kappa shape index (κ2) is 9.27. The molecule has 31 heavy (non-hydrogen) atoms. The van der Waals surface area contributed by atoms with Gasteiger partial charge in [0.25, 0.3) is 5.91 Å². The van der Waals surface area contributed by atoms with Crippen LogP contribution in [0, 0.1) is 6.92 Å². The Morgan fingerprint density at radius 3 is 2.39 bits per heavy atom. The Hall–Kier alpha value is -3.91. The minimum absolute atomic E-state index is 0.113. The molecule has 0 saturated carbocycles. The summed E-state index contributed by atoms with van der Waals surface area (Å²) in [6.45, 7) is 1.77. The van der Waals surface area contributed by atoms with Crippen molar-refractivity contribution in [3.63, 3.8) is 0 Å². The number of carbonyl (C=O) groups is 1. The lowest BCUT2D eigenvalue weighted by Crippen LogP contribution is -2.20. The van der Waals surface area contributed by atoms with Crippen molar-refractivity contribution in [1.29, 1.82) is 0 Å². The van der Waals surface area contributed by atoms with Gasteiger partial charge in [-0.1, -0.05) is 11.6 Å². The molecule has 4 aromatic rings. The van der Waals surface area contributed by atoms with Crippen LogP contribution in [0.1, 0.15) is 5.82 Å². The summed E-state index contributed by atoms with van der Waals surface area (Å²) in [5.74, 6) is 2.69. The molecule has 1 amide bonds. The van der Waals surface area contributed by atoms with Gasteiger partial charge in [-0.15, -0.1) is 10.2 Å². The van der Waals surface area contributed by atoms with Gasteiger partial charge >= 0.3 is 0 Å². The van der Waals surface area contributed by atoms with Crippen LogP contribution >= 0.6 is 11.6 Å². The topological polar surface area (TPSA) is 91.2 Å². The van der Waals surface area contributed by atoms with Crippen LogP contribution < -0.4 is 14.8 Å². The average molecular weight is 436 g/mol. The van der Waals surface area contributed by atoms with Gasteiger partial charge in [-0.2, -0.15) is 0 Å². The maximum atomic E-state index is 12.1. The quantitative estimate of drug-likeness (QED) is 0.461. The van der Waals surface area contributed by atoms with E-state index < -0.39 is 0 Å². The zero-order chi connectivity index (χ0) is 21.6. The molecule has 2 aromatic carbocycles. The molecule has 0 atom stereocenters. The maximum Gasteiger partial charge on any atom is 0.262 e. The number of amides is 1. The van der Waals surface area contributed by atoms with Gasteiger partial charge in [-0.3, -0.25) is 9.36 Å². The largest absolute Gasteiger partial charge is 0.484 e. The number of halogens is 1. The summed E-state index contributed by atoms with van der Waals surface area (Å²) in [5, 5.41) is 11.6. The Morgan fingerprint density at radius 2 is 1.74 bits per heavy atom. The van der Waals surface area contributed by atoms with Crippen LogP contribution in [0.3, 0.4) is 0 Å². The van der Waals surface area contributed by atoms with Gasteiger partial charge in [0.15, 0.2) is 12.4 Å².